The minimum absolute atomic E-state index is 0.187. The number of halogens is 1. The van der Waals surface area contributed by atoms with E-state index in [1.807, 2.05) is 24.3 Å². The smallest absolute Gasteiger partial charge is 0.253 e. The van der Waals surface area contributed by atoms with Crippen molar-refractivity contribution in [2.45, 2.75) is 6.54 Å². The molecule has 0 atom stereocenters. The van der Waals surface area contributed by atoms with Gasteiger partial charge in [0.15, 0.2) is 0 Å². The van der Waals surface area contributed by atoms with E-state index in [9.17, 15) is 4.79 Å². The standard InChI is InChI=1S/C19H22ClN3O3/c20-18-5-4-16(14-21-18)19(24)22-13-15-2-1-3-17(12-15)26-11-8-23-6-9-25-10-7-23/h1-5,12,14H,6-11,13H2,(H,22,24). The van der Waals surface area contributed by atoms with Gasteiger partial charge in [0.2, 0.25) is 0 Å². The monoisotopic (exact) mass is 375 g/mol. The van der Waals surface area contributed by atoms with Gasteiger partial charge in [0.05, 0.1) is 18.8 Å². The molecule has 0 saturated carbocycles. The number of ether oxygens (including phenoxy) is 2. The van der Waals surface area contributed by atoms with Crippen molar-refractivity contribution in [3.05, 3.63) is 58.9 Å². The van der Waals surface area contributed by atoms with Gasteiger partial charge in [-0.05, 0) is 29.8 Å². The molecule has 0 aliphatic carbocycles. The van der Waals surface area contributed by atoms with Gasteiger partial charge in [-0.2, -0.15) is 0 Å². The molecule has 7 heteroatoms. The molecule has 1 amide bonds. The number of carbonyl (C=O) groups is 1. The van der Waals surface area contributed by atoms with Crippen LogP contribution < -0.4 is 10.1 Å². The van der Waals surface area contributed by atoms with E-state index in [4.69, 9.17) is 21.1 Å². The molecule has 0 radical (unpaired) electrons. The van der Waals surface area contributed by atoms with Crippen molar-refractivity contribution < 1.29 is 14.3 Å². The van der Waals surface area contributed by atoms with Crippen molar-refractivity contribution in [1.29, 1.82) is 0 Å². The van der Waals surface area contributed by atoms with Crippen molar-refractivity contribution in [2.75, 3.05) is 39.5 Å². The number of nitrogens with zero attached hydrogens (tertiary/aromatic N) is 2. The first-order valence-corrected chi connectivity index (χ1v) is 9.00. The molecule has 6 nitrogen and oxygen atoms in total. The SMILES string of the molecule is O=C(NCc1cccc(OCCN2CCOCC2)c1)c1ccc(Cl)nc1. The van der Waals surface area contributed by atoms with Crippen LogP contribution in [-0.2, 0) is 11.3 Å². The summed E-state index contributed by atoms with van der Waals surface area (Å²) < 4.78 is 11.2. The van der Waals surface area contributed by atoms with Crippen LogP contribution in [0.3, 0.4) is 0 Å². The number of benzene rings is 1. The first kappa shape index (κ1) is 18.6. The van der Waals surface area contributed by atoms with Crippen molar-refractivity contribution in [1.82, 2.24) is 15.2 Å². The van der Waals surface area contributed by atoms with Gasteiger partial charge in [-0.1, -0.05) is 23.7 Å². The third-order valence-electron chi connectivity index (χ3n) is 4.12. The molecule has 1 aliphatic heterocycles. The highest BCUT2D eigenvalue weighted by Crippen LogP contribution is 2.14. The third-order valence-corrected chi connectivity index (χ3v) is 4.34. The van der Waals surface area contributed by atoms with E-state index >= 15 is 0 Å². The number of pyridine rings is 1. The van der Waals surface area contributed by atoms with E-state index in [0.717, 1.165) is 44.2 Å². The number of amides is 1. The molecular weight excluding hydrogens is 354 g/mol. The lowest BCUT2D eigenvalue weighted by Gasteiger charge is -2.26. The second-order valence-corrected chi connectivity index (χ2v) is 6.39. The van der Waals surface area contributed by atoms with Crippen LogP contribution in [0.15, 0.2) is 42.6 Å². The summed E-state index contributed by atoms with van der Waals surface area (Å²) in [5.74, 6) is 0.617. The number of nitrogens with one attached hydrogen (secondary N) is 1. The zero-order chi connectivity index (χ0) is 18.2. The van der Waals surface area contributed by atoms with Crippen LogP contribution in [0.1, 0.15) is 15.9 Å². The Labute approximate surface area is 158 Å². The summed E-state index contributed by atoms with van der Waals surface area (Å²) in [4.78, 5) is 18.4. The van der Waals surface area contributed by atoms with Gasteiger partial charge in [0.25, 0.3) is 5.91 Å². The third kappa shape index (κ3) is 5.69. The van der Waals surface area contributed by atoms with Crippen LogP contribution in [-0.4, -0.2) is 55.2 Å². The van der Waals surface area contributed by atoms with Gasteiger partial charge in [-0.15, -0.1) is 0 Å². The van der Waals surface area contributed by atoms with E-state index < -0.39 is 0 Å². The van der Waals surface area contributed by atoms with Crippen molar-refractivity contribution in [2.24, 2.45) is 0 Å². The average Bonchev–Trinajstić information content (AvgIpc) is 2.68. The van der Waals surface area contributed by atoms with Crippen LogP contribution in [0.2, 0.25) is 5.15 Å². The minimum Gasteiger partial charge on any atom is -0.492 e. The van der Waals surface area contributed by atoms with Crippen LogP contribution in [0.5, 0.6) is 5.75 Å². The van der Waals surface area contributed by atoms with Gasteiger partial charge >= 0.3 is 0 Å². The maximum absolute atomic E-state index is 12.1. The Morgan fingerprint density at radius 2 is 2.12 bits per heavy atom. The molecule has 1 fully saturated rings. The fraction of sp³-hybridized carbons (Fsp3) is 0.368. The van der Waals surface area contributed by atoms with Gasteiger partial charge in [0.1, 0.15) is 17.5 Å². The zero-order valence-corrected chi connectivity index (χ0v) is 15.2. The summed E-state index contributed by atoms with van der Waals surface area (Å²) in [5.41, 5.74) is 1.46. The van der Waals surface area contributed by atoms with Crippen LogP contribution in [0.4, 0.5) is 0 Å². The molecule has 0 bridgehead atoms. The number of aromatic nitrogens is 1. The molecule has 1 aliphatic rings. The summed E-state index contributed by atoms with van der Waals surface area (Å²) in [7, 11) is 0. The summed E-state index contributed by atoms with van der Waals surface area (Å²) in [5, 5.41) is 3.23. The topological polar surface area (TPSA) is 63.7 Å². The summed E-state index contributed by atoms with van der Waals surface area (Å²) in [6, 6.07) is 11.0. The van der Waals surface area contributed by atoms with Crippen LogP contribution in [0.25, 0.3) is 0 Å². The molecule has 0 spiro atoms. The largest absolute Gasteiger partial charge is 0.492 e. The van der Waals surface area contributed by atoms with Crippen molar-refractivity contribution in [3.63, 3.8) is 0 Å². The van der Waals surface area contributed by atoms with Crippen LogP contribution >= 0.6 is 11.6 Å². The van der Waals surface area contributed by atoms with Gasteiger partial charge in [-0.3, -0.25) is 9.69 Å². The summed E-state index contributed by atoms with van der Waals surface area (Å²) in [6.45, 7) is 5.42. The average molecular weight is 376 g/mol. The molecule has 1 aromatic heterocycles. The Hall–Kier alpha value is -2.15. The fourth-order valence-electron chi connectivity index (χ4n) is 2.66. The molecule has 0 unspecified atom stereocenters. The first-order chi connectivity index (χ1) is 12.7. The highest BCUT2D eigenvalue weighted by Gasteiger charge is 2.10. The number of hydrogen-bond acceptors (Lipinski definition) is 5. The lowest BCUT2D eigenvalue weighted by Crippen LogP contribution is -2.38. The first-order valence-electron chi connectivity index (χ1n) is 8.62. The highest BCUT2D eigenvalue weighted by molar-refractivity contribution is 6.29. The maximum Gasteiger partial charge on any atom is 0.253 e. The second kappa shape index (κ2) is 9.52. The number of rotatable bonds is 7. The Balaban J connectivity index is 1.45. The van der Waals surface area contributed by atoms with E-state index in [1.165, 1.54) is 6.20 Å². The van der Waals surface area contributed by atoms with Gasteiger partial charge in [-0.25, -0.2) is 4.98 Å². The van der Waals surface area contributed by atoms with Gasteiger partial charge in [0, 0.05) is 32.4 Å². The van der Waals surface area contributed by atoms with E-state index in [-0.39, 0.29) is 5.91 Å². The lowest BCUT2D eigenvalue weighted by atomic mass is 10.2. The van der Waals surface area contributed by atoms with E-state index in [0.29, 0.717) is 23.9 Å². The minimum atomic E-state index is -0.187. The number of carbonyl (C=O) groups excluding carboxylic acids is 1. The predicted octanol–water partition coefficient (Wildman–Crippen LogP) is 2.38. The lowest BCUT2D eigenvalue weighted by molar-refractivity contribution is 0.0322. The number of morpholine rings is 1. The van der Waals surface area contributed by atoms with Crippen LogP contribution in [0, 0.1) is 0 Å². The molecule has 1 N–H and O–H groups in total. The highest BCUT2D eigenvalue weighted by atomic mass is 35.5. The van der Waals surface area contributed by atoms with Crippen molar-refractivity contribution >= 4 is 17.5 Å². The molecule has 2 aromatic rings. The Kier molecular flexibility index (Phi) is 6.82. The molecule has 2 heterocycles. The normalized spacial score (nSPS) is 14.8. The number of hydrogen-bond donors (Lipinski definition) is 1. The molecule has 138 valence electrons. The van der Waals surface area contributed by atoms with E-state index in [1.54, 1.807) is 12.1 Å². The maximum atomic E-state index is 12.1. The molecule has 1 saturated heterocycles. The zero-order valence-electron chi connectivity index (χ0n) is 14.5. The molecule has 3 rings (SSSR count). The van der Waals surface area contributed by atoms with Gasteiger partial charge < -0.3 is 14.8 Å². The van der Waals surface area contributed by atoms with E-state index in [2.05, 4.69) is 15.2 Å². The Bertz CT molecular complexity index is 718. The fourth-order valence-corrected chi connectivity index (χ4v) is 2.77. The molecule has 26 heavy (non-hydrogen) atoms. The Morgan fingerprint density at radius 3 is 2.88 bits per heavy atom. The Morgan fingerprint density at radius 1 is 1.27 bits per heavy atom. The van der Waals surface area contributed by atoms with Crippen molar-refractivity contribution in [3.8, 4) is 5.75 Å². The summed E-state index contributed by atoms with van der Waals surface area (Å²) in [6.07, 6.45) is 1.46. The molecule has 1 aromatic carbocycles. The molecular formula is C19H22ClN3O3. The second-order valence-electron chi connectivity index (χ2n) is 6.00. The summed E-state index contributed by atoms with van der Waals surface area (Å²) >= 11 is 5.73. The predicted molar refractivity (Wildman–Crippen MR) is 99.6 cm³/mol. The quantitative estimate of drug-likeness (QED) is 0.753.